The lowest BCUT2D eigenvalue weighted by atomic mass is 9.91. The van der Waals surface area contributed by atoms with Gasteiger partial charge in [-0.2, -0.15) is 0 Å². The molecule has 3 nitrogen and oxygen atoms in total. The Labute approximate surface area is 116 Å². The van der Waals surface area contributed by atoms with Gasteiger partial charge in [0.15, 0.2) is 6.29 Å². The van der Waals surface area contributed by atoms with Crippen LogP contribution in [0.4, 0.5) is 0 Å². The number of hydrogen-bond donors (Lipinski definition) is 0. The maximum absolute atomic E-state index is 10.6. The summed E-state index contributed by atoms with van der Waals surface area (Å²) in [7, 11) is 0. The van der Waals surface area contributed by atoms with E-state index in [4.69, 9.17) is 4.74 Å². The first-order chi connectivity index (χ1) is 9.36. The van der Waals surface area contributed by atoms with E-state index in [1.54, 1.807) is 6.20 Å². The minimum absolute atomic E-state index is 0.439. The van der Waals surface area contributed by atoms with Gasteiger partial charge in [0.25, 0.3) is 0 Å². The van der Waals surface area contributed by atoms with Crippen LogP contribution in [0.2, 0.25) is 0 Å². The summed E-state index contributed by atoms with van der Waals surface area (Å²) in [6.07, 6.45) is 7.18. The second kappa shape index (κ2) is 5.53. The van der Waals surface area contributed by atoms with Crippen LogP contribution < -0.4 is 4.74 Å². The molecule has 2 aromatic rings. The van der Waals surface area contributed by atoms with Crippen LogP contribution in [0.1, 0.15) is 38.6 Å². The van der Waals surface area contributed by atoms with E-state index in [1.807, 2.05) is 6.07 Å². The van der Waals surface area contributed by atoms with Crippen LogP contribution in [0, 0.1) is 0 Å². The van der Waals surface area contributed by atoms with Crippen molar-refractivity contribution in [3.8, 4) is 5.75 Å². The molecule has 0 N–H and O–H groups in total. The van der Waals surface area contributed by atoms with Gasteiger partial charge in [0, 0.05) is 6.20 Å². The second-order valence-electron chi connectivity index (χ2n) is 4.66. The molecule has 0 saturated heterocycles. The molecule has 0 saturated carbocycles. The third-order valence-electron chi connectivity index (χ3n) is 3.39. The Morgan fingerprint density at radius 1 is 1.32 bits per heavy atom. The summed E-state index contributed by atoms with van der Waals surface area (Å²) in [5.74, 6) is 0.972. The zero-order valence-corrected chi connectivity index (χ0v) is 11.4. The monoisotopic (exact) mass is 273 g/mol. The first kappa shape index (κ1) is 12.4. The maximum atomic E-state index is 10.6. The van der Waals surface area contributed by atoms with Crippen LogP contribution in [0.3, 0.4) is 0 Å². The predicted molar refractivity (Wildman–Crippen MR) is 74.9 cm³/mol. The van der Waals surface area contributed by atoms with E-state index in [-0.39, 0.29) is 0 Å². The van der Waals surface area contributed by atoms with Gasteiger partial charge < -0.3 is 4.74 Å². The Hall–Kier alpha value is -1.68. The number of aldehydes is 1. The van der Waals surface area contributed by atoms with E-state index in [1.165, 1.54) is 35.3 Å². The molecule has 0 amide bonds. The highest BCUT2D eigenvalue weighted by Crippen LogP contribution is 2.30. The Kier molecular flexibility index (Phi) is 3.60. The number of aromatic nitrogens is 1. The van der Waals surface area contributed by atoms with Gasteiger partial charge in [0.2, 0.25) is 0 Å². The first-order valence-corrected chi connectivity index (χ1v) is 7.32. The molecule has 0 radical (unpaired) electrons. The molecule has 0 fully saturated rings. The first-order valence-electron chi connectivity index (χ1n) is 6.50. The largest absolute Gasteiger partial charge is 0.486 e. The quantitative estimate of drug-likeness (QED) is 0.801. The fourth-order valence-corrected chi connectivity index (χ4v) is 3.12. The summed E-state index contributed by atoms with van der Waals surface area (Å²) < 4.78 is 5.88. The molecule has 0 unspecified atom stereocenters. The van der Waals surface area contributed by atoms with E-state index >= 15 is 0 Å². The summed E-state index contributed by atoms with van der Waals surface area (Å²) in [5.41, 5.74) is 2.76. The van der Waals surface area contributed by atoms with Crippen molar-refractivity contribution in [1.82, 2.24) is 4.98 Å². The molecule has 1 heterocycles. The van der Waals surface area contributed by atoms with E-state index in [2.05, 4.69) is 17.1 Å². The molecule has 0 aliphatic heterocycles. The fourth-order valence-electron chi connectivity index (χ4n) is 2.47. The SMILES string of the molecule is O=Cc1cnc(COc2cccc3c2CCCC3)s1. The number of aryl methyl sites for hydroxylation is 1. The van der Waals surface area contributed by atoms with Gasteiger partial charge in [-0.05, 0) is 42.9 Å². The van der Waals surface area contributed by atoms with E-state index in [9.17, 15) is 4.79 Å². The number of thiazole rings is 1. The highest BCUT2D eigenvalue weighted by Gasteiger charge is 2.14. The minimum Gasteiger partial charge on any atom is -0.486 e. The summed E-state index contributed by atoms with van der Waals surface area (Å²) in [4.78, 5) is 15.4. The Balaban J connectivity index is 1.74. The number of fused-ring (bicyclic) bond motifs is 1. The molecular weight excluding hydrogens is 258 g/mol. The maximum Gasteiger partial charge on any atom is 0.161 e. The van der Waals surface area contributed by atoms with Crippen molar-refractivity contribution in [2.45, 2.75) is 32.3 Å². The molecule has 3 rings (SSSR count). The smallest absolute Gasteiger partial charge is 0.161 e. The molecule has 0 spiro atoms. The van der Waals surface area contributed by atoms with Gasteiger partial charge in [-0.25, -0.2) is 4.98 Å². The fraction of sp³-hybridized carbons (Fsp3) is 0.333. The predicted octanol–water partition coefficient (Wildman–Crippen LogP) is 3.41. The van der Waals surface area contributed by atoms with Gasteiger partial charge in [0.1, 0.15) is 17.4 Å². The van der Waals surface area contributed by atoms with Crippen molar-refractivity contribution >= 4 is 17.6 Å². The zero-order valence-electron chi connectivity index (χ0n) is 10.6. The lowest BCUT2D eigenvalue weighted by molar-refractivity contribution is 0.112. The van der Waals surface area contributed by atoms with Gasteiger partial charge >= 0.3 is 0 Å². The number of nitrogens with zero attached hydrogens (tertiary/aromatic N) is 1. The number of hydrogen-bond acceptors (Lipinski definition) is 4. The molecule has 1 aromatic heterocycles. The van der Waals surface area contributed by atoms with Gasteiger partial charge in [-0.3, -0.25) is 4.79 Å². The van der Waals surface area contributed by atoms with Crippen LogP contribution in [0.25, 0.3) is 0 Å². The van der Waals surface area contributed by atoms with Crippen molar-refractivity contribution in [2.24, 2.45) is 0 Å². The standard InChI is InChI=1S/C15H15NO2S/c17-9-12-8-16-15(19-12)10-18-14-7-3-5-11-4-1-2-6-13(11)14/h3,5,7-9H,1-2,4,6,10H2. The van der Waals surface area contributed by atoms with Crippen LogP contribution in [-0.4, -0.2) is 11.3 Å². The van der Waals surface area contributed by atoms with E-state index in [0.29, 0.717) is 11.5 Å². The minimum atomic E-state index is 0.439. The lowest BCUT2D eigenvalue weighted by Gasteiger charge is -2.19. The highest BCUT2D eigenvalue weighted by molar-refractivity contribution is 7.13. The van der Waals surface area contributed by atoms with Gasteiger partial charge in [-0.15, -0.1) is 11.3 Å². The molecule has 1 aliphatic carbocycles. The molecule has 19 heavy (non-hydrogen) atoms. The Morgan fingerprint density at radius 2 is 2.21 bits per heavy atom. The average molecular weight is 273 g/mol. The van der Waals surface area contributed by atoms with Crippen molar-refractivity contribution in [3.63, 3.8) is 0 Å². The van der Waals surface area contributed by atoms with Crippen molar-refractivity contribution in [2.75, 3.05) is 0 Å². The molecule has 98 valence electrons. The van der Waals surface area contributed by atoms with Crippen molar-refractivity contribution < 1.29 is 9.53 Å². The summed E-state index contributed by atoms with van der Waals surface area (Å²) in [6, 6.07) is 6.27. The van der Waals surface area contributed by atoms with Gasteiger partial charge in [0.05, 0.1) is 4.88 Å². The molecule has 0 bridgehead atoms. The molecule has 4 heteroatoms. The normalized spacial score (nSPS) is 13.9. The number of carbonyl (C=O) groups is 1. The Bertz CT molecular complexity index is 592. The molecule has 1 aliphatic rings. The number of carbonyl (C=O) groups excluding carboxylic acids is 1. The van der Waals surface area contributed by atoms with E-state index < -0.39 is 0 Å². The third kappa shape index (κ3) is 2.68. The highest BCUT2D eigenvalue weighted by atomic mass is 32.1. The Morgan fingerprint density at radius 3 is 3.05 bits per heavy atom. The lowest BCUT2D eigenvalue weighted by Crippen LogP contribution is -2.06. The van der Waals surface area contributed by atoms with Crippen molar-refractivity contribution in [3.05, 3.63) is 45.4 Å². The van der Waals surface area contributed by atoms with Crippen LogP contribution in [0.15, 0.2) is 24.4 Å². The summed E-state index contributed by atoms with van der Waals surface area (Å²) in [6.45, 7) is 0.439. The van der Waals surface area contributed by atoms with Crippen LogP contribution >= 0.6 is 11.3 Å². The average Bonchev–Trinajstić information content (AvgIpc) is 2.93. The van der Waals surface area contributed by atoms with Gasteiger partial charge in [-0.1, -0.05) is 12.1 Å². The molecule has 0 atom stereocenters. The van der Waals surface area contributed by atoms with Crippen molar-refractivity contribution in [1.29, 1.82) is 0 Å². The number of rotatable bonds is 4. The topological polar surface area (TPSA) is 39.2 Å². The third-order valence-corrected chi connectivity index (χ3v) is 4.29. The summed E-state index contributed by atoms with van der Waals surface area (Å²) in [5, 5.41) is 0.843. The zero-order chi connectivity index (χ0) is 13.1. The summed E-state index contributed by atoms with van der Waals surface area (Å²) >= 11 is 1.39. The second-order valence-corrected chi connectivity index (χ2v) is 5.81. The molecular formula is C15H15NO2S. The number of ether oxygens (including phenoxy) is 1. The number of benzene rings is 1. The van der Waals surface area contributed by atoms with E-state index in [0.717, 1.165) is 29.9 Å². The van der Waals surface area contributed by atoms with Crippen LogP contribution in [-0.2, 0) is 19.4 Å². The molecule has 1 aromatic carbocycles. The van der Waals surface area contributed by atoms with Crippen LogP contribution in [0.5, 0.6) is 5.75 Å².